The zero-order valence-corrected chi connectivity index (χ0v) is 6.12. The number of rotatable bonds is 0. The molecule has 1 heterocycles. The van der Waals surface area contributed by atoms with Crippen molar-refractivity contribution in [2.24, 2.45) is 5.92 Å². The summed E-state index contributed by atoms with van der Waals surface area (Å²) in [5.41, 5.74) is 0. The van der Waals surface area contributed by atoms with Gasteiger partial charge in [0.2, 0.25) is 0 Å². The van der Waals surface area contributed by atoms with Crippen LogP contribution in [-0.4, -0.2) is 23.9 Å². The van der Waals surface area contributed by atoms with Crippen LogP contribution in [-0.2, 0) is 4.74 Å². The molecule has 0 amide bonds. The van der Waals surface area contributed by atoms with Gasteiger partial charge in [-0.15, -0.1) is 0 Å². The second kappa shape index (κ2) is 2.51. The molecule has 3 atom stereocenters. The highest BCUT2D eigenvalue weighted by molar-refractivity contribution is 4.85. The quantitative estimate of drug-likeness (QED) is 0.545. The third-order valence-corrected chi connectivity index (χ3v) is 2.66. The van der Waals surface area contributed by atoms with Gasteiger partial charge < -0.3 is 9.84 Å². The number of hydrogen-bond donors (Lipinski definition) is 1. The van der Waals surface area contributed by atoms with E-state index in [4.69, 9.17) is 4.74 Å². The van der Waals surface area contributed by atoms with E-state index in [1.807, 2.05) is 0 Å². The third-order valence-electron chi connectivity index (χ3n) is 2.66. The van der Waals surface area contributed by atoms with E-state index in [9.17, 15) is 5.11 Å². The number of ether oxygens (including phenoxy) is 1. The van der Waals surface area contributed by atoms with E-state index in [0.29, 0.717) is 12.0 Å². The van der Waals surface area contributed by atoms with Crippen molar-refractivity contribution in [2.75, 3.05) is 6.61 Å². The van der Waals surface area contributed by atoms with Crippen molar-refractivity contribution in [3.05, 3.63) is 0 Å². The Balaban J connectivity index is 1.97. The summed E-state index contributed by atoms with van der Waals surface area (Å²) in [4.78, 5) is 0. The molecular weight excluding hydrogens is 128 g/mol. The maximum atomic E-state index is 9.28. The Morgan fingerprint density at radius 2 is 2.20 bits per heavy atom. The van der Waals surface area contributed by atoms with Gasteiger partial charge in [0.25, 0.3) is 0 Å². The van der Waals surface area contributed by atoms with Gasteiger partial charge in [0.05, 0.1) is 12.2 Å². The van der Waals surface area contributed by atoms with Crippen molar-refractivity contribution in [1.82, 2.24) is 0 Å². The fourth-order valence-corrected chi connectivity index (χ4v) is 2.15. The molecule has 1 N–H and O–H groups in total. The van der Waals surface area contributed by atoms with Gasteiger partial charge >= 0.3 is 0 Å². The standard InChI is InChI=1S/C8H14O2/c9-7-4-6-2-1-3-10-8(6)5-7/h6-9H,1-5H2. The summed E-state index contributed by atoms with van der Waals surface area (Å²) >= 11 is 0. The lowest BCUT2D eigenvalue weighted by molar-refractivity contribution is -0.0112. The van der Waals surface area contributed by atoms with Crippen LogP contribution < -0.4 is 0 Å². The first kappa shape index (κ1) is 6.62. The maximum absolute atomic E-state index is 9.28. The molecule has 1 saturated heterocycles. The lowest BCUT2D eigenvalue weighted by atomic mass is 9.97. The molecular formula is C8H14O2. The average Bonchev–Trinajstić information content (AvgIpc) is 2.27. The van der Waals surface area contributed by atoms with Crippen molar-refractivity contribution < 1.29 is 9.84 Å². The van der Waals surface area contributed by atoms with E-state index in [2.05, 4.69) is 0 Å². The molecule has 2 rings (SSSR count). The highest BCUT2D eigenvalue weighted by Gasteiger charge is 2.35. The predicted octanol–water partition coefficient (Wildman–Crippen LogP) is 0.936. The van der Waals surface area contributed by atoms with Gasteiger partial charge in [-0.1, -0.05) is 0 Å². The zero-order chi connectivity index (χ0) is 6.97. The molecule has 0 radical (unpaired) electrons. The van der Waals surface area contributed by atoms with Crippen LogP contribution in [0.15, 0.2) is 0 Å². The minimum Gasteiger partial charge on any atom is -0.393 e. The summed E-state index contributed by atoms with van der Waals surface area (Å²) in [6, 6.07) is 0. The molecule has 0 aromatic carbocycles. The lowest BCUT2D eigenvalue weighted by Gasteiger charge is -2.24. The normalized spacial score (nSPS) is 47.1. The van der Waals surface area contributed by atoms with Crippen LogP contribution in [0.1, 0.15) is 25.7 Å². The summed E-state index contributed by atoms with van der Waals surface area (Å²) in [7, 11) is 0. The van der Waals surface area contributed by atoms with Crippen molar-refractivity contribution in [3.8, 4) is 0 Å². The molecule has 58 valence electrons. The highest BCUT2D eigenvalue weighted by Crippen LogP contribution is 2.34. The van der Waals surface area contributed by atoms with Gasteiger partial charge in [0, 0.05) is 6.61 Å². The molecule has 2 heteroatoms. The van der Waals surface area contributed by atoms with Crippen molar-refractivity contribution >= 4 is 0 Å². The van der Waals surface area contributed by atoms with E-state index in [1.165, 1.54) is 12.8 Å². The van der Waals surface area contributed by atoms with Gasteiger partial charge in [-0.25, -0.2) is 0 Å². The van der Waals surface area contributed by atoms with Gasteiger partial charge in [-0.3, -0.25) is 0 Å². The summed E-state index contributed by atoms with van der Waals surface area (Å²) in [5.74, 6) is 0.670. The fourth-order valence-electron chi connectivity index (χ4n) is 2.15. The van der Waals surface area contributed by atoms with Crippen LogP contribution in [0.3, 0.4) is 0 Å². The molecule has 2 fully saturated rings. The first-order valence-corrected chi connectivity index (χ1v) is 4.16. The Kier molecular flexibility index (Phi) is 1.66. The van der Waals surface area contributed by atoms with Crippen LogP contribution >= 0.6 is 0 Å². The Bertz CT molecular complexity index is 110. The Morgan fingerprint density at radius 1 is 1.30 bits per heavy atom. The smallest absolute Gasteiger partial charge is 0.0628 e. The minimum absolute atomic E-state index is 0.0758. The largest absolute Gasteiger partial charge is 0.393 e. The molecule has 0 spiro atoms. The van der Waals surface area contributed by atoms with Crippen molar-refractivity contribution in [3.63, 3.8) is 0 Å². The minimum atomic E-state index is -0.0758. The molecule has 3 unspecified atom stereocenters. The predicted molar refractivity (Wildman–Crippen MR) is 37.7 cm³/mol. The highest BCUT2D eigenvalue weighted by atomic mass is 16.5. The van der Waals surface area contributed by atoms with Gasteiger partial charge in [0.1, 0.15) is 0 Å². The Morgan fingerprint density at radius 3 is 3.00 bits per heavy atom. The molecule has 1 aliphatic carbocycles. The van der Waals surface area contributed by atoms with E-state index in [0.717, 1.165) is 19.4 Å². The summed E-state index contributed by atoms with van der Waals surface area (Å²) in [6.45, 7) is 0.911. The fraction of sp³-hybridized carbons (Fsp3) is 1.00. The molecule has 1 saturated carbocycles. The van der Waals surface area contributed by atoms with E-state index in [1.54, 1.807) is 0 Å². The van der Waals surface area contributed by atoms with E-state index in [-0.39, 0.29) is 6.10 Å². The first-order valence-electron chi connectivity index (χ1n) is 4.16. The molecule has 1 aliphatic heterocycles. The molecule has 10 heavy (non-hydrogen) atoms. The second-order valence-electron chi connectivity index (χ2n) is 3.44. The molecule has 2 aliphatic rings. The topological polar surface area (TPSA) is 29.5 Å². The van der Waals surface area contributed by atoms with Gasteiger partial charge in [0.15, 0.2) is 0 Å². The molecule has 2 nitrogen and oxygen atoms in total. The summed E-state index contributed by atoms with van der Waals surface area (Å²) in [6.07, 6.45) is 4.63. The summed E-state index contributed by atoms with van der Waals surface area (Å²) in [5, 5.41) is 9.28. The number of aliphatic hydroxyl groups is 1. The number of aliphatic hydroxyl groups excluding tert-OH is 1. The second-order valence-corrected chi connectivity index (χ2v) is 3.44. The lowest BCUT2D eigenvalue weighted by Crippen LogP contribution is -2.24. The van der Waals surface area contributed by atoms with Crippen LogP contribution in [0.4, 0.5) is 0 Å². The zero-order valence-electron chi connectivity index (χ0n) is 6.12. The van der Waals surface area contributed by atoms with Crippen LogP contribution in [0.5, 0.6) is 0 Å². The monoisotopic (exact) mass is 142 g/mol. The summed E-state index contributed by atoms with van der Waals surface area (Å²) < 4.78 is 5.51. The van der Waals surface area contributed by atoms with Crippen LogP contribution in [0.2, 0.25) is 0 Å². The average molecular weight is 142 g/mol. The van der Waals surface area contributed by atoms with Crippen molar-refractivity contribution in [2.45, 2.75) is 37.9 Å². The molecule has 0 aromatic heterocycles. The van der Waals surface area contributed by atoms with Gasteiger partial charge in [-0.05, 0) is 31.6 Å². The van der Waals surface area contributed by atoms with Crippen LogP contribution in [0.25, 0.3) is 0 Å². The SMILES string of the molecule is OC1CC2CCCOC2C1. The maximum Gasteiger partial charge on any atom is 0.0628 e. The Labute approximate surface area is 61.2 Å². The molecule has 0 aromatic rings. The van der Waals surface area contributed by atoms with E-state index < -0.39 is 0 Å². The molecule has 0 bridgehead atoms. The van der Waals surface area contributed by atoms with E-state index >= 15 is 0 Å². The Hall–Kier alpha value is -0.0800. The first-order chi connectivity index (χ1) is 4.86. The van der Waals surface area contributed by atoms with Crippen LogP contribution in [0, 0.1) is 5.92 Å². The number of hydrogen-bond acceptors (Lipinski definition) is 2. The van der Waals surface area contributed by atoms with Crippen molar-refractivity contribution in [1.29, 1.82) is 0 Å². The third kappa shape index (κ3) is 1.06. The number of fused-ring (bicyclic) bond motifs is 1. The van der Waals surface area contributed by atoms with Gasteiger partial charge in [-0.2, -0.15) is 0 Å².